The zero-order chi connectivity index (χ0) is 15.7. The lowest BCUT2D eigenvalue weighted by Gasteiger charge is -2.11. The summed E-state index contributed by atoms with van der Waals surface area (Å²) >= 11 is 13.7. The van der Waals surface area contributed by atoms with Gasteiger partial charge < -0.3 is 8.98 Å². The summed E-state index contributed by atoms with van der Waals surface area (Å²) in [6.07, 6.45) is 1.67. The van der Waals surface area contributed by atoms with Crippen molar-refractivity contribution in [2.24, 2.45) is 4.99 Å². The largest absolute Gasteiger partial charge is 0.463 e. The quantitative estimate of drug-likeness (QED) is 0.574. The average molecular weight is 353 g/mol. The first kappa shape index (κ1) is 15.4. The molecule has 0 unspecified atom stereocenters. The van der Waals surface area contributed by atoms with Gasteiger partial charge in [-0.05, 0) is 44.2 Å². The lowest BCUT2D eigenvalue weighted by molar-refractivity contribution is 0.548. The standard InChI is InChI=1S/C16H14Cl2N2OS/c1-10(2)20-14(15-4-3-7-21-15)9-22-16(20)19-13-6-5-11(17)8-12(13)18/h3-10H,1-2H3. The van der Waals surface area contributed by atoms with Gasteiger partial charge in [-0.25, -0.2) is 4.99 Å². The summed E-state index contributed by atoms with van der Waals surface area (Å²) in [5.74, 6) is 0.827. The van der Waals surface area contributed by atoms with Gasteiger partial charge in [0, 0.05) is 16.4 Å². The molecule has 0 bridgehead atoms. The molecule has 3 rings (SSSR count). The number of thiazole rings is 1. The van der Waals surface area contributed by atoms with Crippen LogP contribution in [0.5, 0.6) is 0 Å². The van der Waals surface area contributed by atoms with Crippen molar-refractivity contribution in [1.82, 2.24) is 4.57 Å². The molecule has 2 aromatic heterocycles. The van der Waals surface area contributed by atoms with Gasteiger partial charge in [0.15, 0.2) is 10.6 Å². The molecule has 0 saturated heterocycles. The van der Waals surface area contributed by atoms with Crippen molar-refractivity contribution in [3.8, 4) is 11.5 Å². The summed E-state index contributed by atoms with van der Waals surface area (Å²) in [5, 5.41) is 3.18. The molecule has 6 heteroatoms. The second-order valence-electron chi connectivity index (χ2n) is 5.05. The van der Waals surface area contributed by atoms with Crippen molar-refractivity contribution in [2.75, 3.05) is 0 Å². The van der Waals surface area contributed by atoms with Gasteiger partial charge in [-0.15, -0.1) is 11.3 Å². The van der Waals surface area contributed by atoms with Crippen LogP contribution in [0.25, 0.3) is 11.5 Å². The molecule has 1 aromatic carbocycles. The van der Waals surface area contributed by atoms with Crippen molar-refractivity contribution in [3.63, 3.8) is 0 Å². The van der Waals surface area contributed by atoms with E-state index in [2.05, 4.69) is 23.4 Å². The Morgan fingerprint density at radius 1 is 1.23 bits per heavy atom. The van der Waals surface area contributed by atoms with E-state index in [1.807, 2.05) is 23.6 Å². The molecule has 0 aliphatic heterocycles. The van der Waals surface area contributed by atoms with E-state index in [0.717, 1.165) is 16.3 Å². The second-order valence-corrected chi connectivity index (χ2v) is 6.73. The van der Waals surface area contributed by atoms with Gasteiger partial charge in [0.05, 0.1) is 22.7 Å². The van der Waals surface area contributed by atoms with E-state index >= 15 is 0 Å². The third-order valence-corrected chi connectivity index (χ3v) is 4.54. The maximum Gasteiger partial charge on any atom is 0.190 e. The van der Waals surface area contributed by atoms with Crippen molar-refractivity contribution in [3.05, 3.63) is 56.8 Å². The molecule has 3 aromatic rings. The van der Waals surface area contributed by atoms with Gasteiger partial charge in [0.2, 0.25) is 0 Å². The van der Waals surface area contributed by atoms with Gasteiger partial charge in [-0.3, -0.25) is 0 Å². The Kier molecular flexibility index (Phi) is 4.43. The average Bonchev–Trinajstić information content (AvgIpc) is 3.10. The van der Waals surface area contributed by atoms with Crippen LogP contribution in [0, 0.1) is 0 Å². The molecule has 0 radical (unpaired) electrons. The molecular weight excluding hydrogens is 339 g/mol. The molecule has 0 saturated carbocycles. The molecular formula is C16H14Cl2N2OS. The zero-order valence-electron chi connectivity index (χ0n) is 12.1. The first-order chi connectivity index (χ1) is 10.6. The van der Waals surface area contributed by atoms with Crippen molar-refractivity contribution >= 4 is 40.2 Å². The molecule has 0 amide bonds. The maximum atomic E-state index is 6.22. The van der Waals surface area contributed by atoms with Crippen LogP contribution in [-0.2, 0) is 0 Å². The highest BCUT2D eigenvalue weighted by molar-refractivity contribution is 7.07. The number of nitrogens with zero attached hydrogens (tertiary/aromatic N) is 2. The highest BCUT2D eigenvalue weighted by Crippen LogP contribution is 2.28. The number of benzene rings is 1. The van der Waals surface area contributed by atoms with E-state index in [1.54, 1.807) is 29.7 Å². The Bertz CT molecular complexity index is 847. The molecule has 0 fully saturated rings. The van der Waals surface area contributed by atoms with Crippen LogP contribution < -0.4 is 4.80 Å². The van der Waals surface area contributed by atoms with E-state index in [4.69, 9.17) is 27.6 Å². The Balaban J connectivity index is 2.17. The summed E-state index contributed by atoms with van der Waals surface area (Å²) in [5.41, 5.74) is 1.71. The fourth-order valence-electron chi connectivity index (χ4n) is 2.18. The number of hydrogen-bond donors (Lipinski definition) is 0. The molecule has 22 heavy (non-hydrogen) atoms. The lowest BCUT2D eigenvalue weighted by atomic mass is 10.3. The normalized spacial score (nSPS) is 12.3. The van der Waals surface area contributed by atoms with Crippen molar-refractivity contribution in [1.29, 1.82) is 0 Å². The van der Waals surface area contributed by atoms with Crippen LogP contribution in [0.2, 0.25) is 10.0 Å². The minimum Gasteiger partial charge on any atom is -0.463 e. The Hall–Kier alpha value is -1.49. The number of rotatable bonds is 3. The Morgan fingerprint density at radius 3 is 2.68 bits per heavy atom. The first-order valence-electron chi connectivity index (χ1n) is 6.80. The van der Waals surface area contributed by atoms with Gasteiger partial charge >= 0.3 is 0 Å². The predicted octanol–water partition coefficient (Wildman–Crippen LogP) is 5.93. The monoisotopic (exact) mass is 352 g/mol. The topological polar surface area (TPSA) is 30.4 Å². The van der Waals surface area contributed by atoms with Gasteiger partial charge in [-0.2, -0.15) is 0 Å². The molecule has 114 valence electrons. The van der Waals surface area contributed by atoms with Gasteiger partial charge in [-0.1, -0.05) is 23.2 Å². The Labute approximate surface area is 142 Å². The molecule has 3 nitrogen and oxygen atoms in total. The summed E-state index contributed by atoms with van der Waals surface area (Å²) < 4.78 is 7.65. The summed E-state index contributed by atoms with van der Waals surface area (Å²) in [7, 11) is 0. The highest BCUT2D eigenvalue weighted by atomic mass is 35.5. The molecule has 0 N–H and O–H groups in total. The van der Waals surface area contributed by atoms with Crippen LogP contribution in [0.3, 0.4) is 0 Å². The van der Waals surface area contributed by atoms with Crippen LogP contribution >= 0.6 is 34.5 Å². The van der Waals surface area contributed by atoms with Gasteiger partial charge in [0.25, 0.3) is 0 Å². The maximum absolute atomic E-state index is 6.22. The highest BCUT2D eigenvalue weighted by Gasteiger charge is 2.13. The second kappa shape index (κ2) is 6.32. The first-order valence-corrected chi connectivity index (χ1v) is 8.43. The fraction of sp³-hybridized carbons (Fsp3) is 0.188. The van der Waals surface area contributed by atoms with Crippen LogP contribution in [0.1, 0.15) is 19.9 Å². The van der Waals surface area contributed by atoms with E-state index < -0.39 is 0 Å². The third kappa shape index (κ3) is 3.00. The molecule has 0 aliphatic carbocycles. The van der Waals surface area contributed by atoms with Crippen LogP contribution in [0.15, 0.2) is 51.4 Å². The van der Waals surface area contributed by atoms with E-state index in [0.29, 0.717) is 15.7 Å². The van der Waals surface area contributed by atoms with Crippen molar-refractivity contribution < 1.29 is 4.42 Å². The number of furan rings is 1. The number of hydrogen-bond acceptors (Lipinski definition) is 3. The van der Waals surface area contributed by atoms with Gasteiger partial charge in [0.1, 0.15) is 0 Å². The third-order valence-electron chi connectivity index (χ3n) is 3.16. The van der Waals surface area contributed by atoms with E-state index in [1.165, 1.54) is 0 Å². The molecule has 0 spiro atoms. The van der Waals surface area contributed by atoms with Crippen molar-refractivity contribution in [2.45, 2.75) is 19.9 Å². The summed E-state index contributed by atoms with van der Waals surface area (Å²) in [6.45, 7) is 4.23. The number of halogens is 2. The van der Waals surface area contributed by atoms with E-state index in [-0.39, 0.29) is 6.04 Å². The minimum atomic E-state index is 0.246. The minimum absolute atomic E-state index is 0.246. The number of aromatic nitrogens is 1. The van der Waals surface area contributed by atoms with Crippen LogP contribution in [-0.4, -0.2) is 4.57 Å². The summed E-state index contributed by atoms with van der Waals surface area (Å²) in [6, 6.07) is 9.37. The Morgan fingerprint density at radius 2 is 2.05 bits per heavy atom. The SMILES string of the molecule is CC(C)n1c(-c2ccco2)csc1=Nc1ccc(Cl)cc1Cl. The van der Waals surface area contributed by atoms with Crippen LogP contribution in [0.4, 0.5) is 5.69 Å². The zero-order valence-corrected chi connectivity index (χ0v) is 14.4. The predicted molar refractivity (Wildman–Crippen MR) is 92.1 cm³/mol. The van der Waals surface area contributed by atoms with E-state index in [9.17, 15) is 0 Å². The fourth-order valence-corrected chi connectivity index (χ4v) is 3.65. The molecule has 0 atom stereocenters. The lowest BCUT2D eigenvalue weighted by Crippen LogP contribution is -2.17. The molecule has 2 heterocycles. The smallest absolute Gasteiger partial charge is 0.190 e. The molecule has 0 aliphatic rings. The summed E-state index contributed by atoms with van der Waals surface area (Å²) in [4.78, 5) is 5.55.